The molecule has 1 aliphatic rings. The standard InChI is InChI=1S/C15H15F2N5O/c1-9-4-11-7-19-22(14(11)18-6-9)8-12-20-13(21-23-12)10-2-3-15(16,17)5-10/h4,6-7,10H,2-3,5,8H2,1H3. The number of rotatable bonds is 3. The number of aryl methyl sites for hydroxylation is 1. The highest BCUT2D eigenvalue weighted by molar-refractivity contribution is 5.74. The molecule has 0 saturated heterocycles. The van der Waals surface area contributed by atoms with Crippen molar-refractivity contribution in [3.8, 4) is 0 Å². The lowest BCUT2D eigenvalue weighted by Gasteiger charge is -2.06. The predicted octanol–water partition coefficient (Wildman–Crippen LogP) is 3.07. The quantitative estimate of drug-likeness (QED) is 0.742. The first-order chi connectivity index (χ1) is 11.0. The minimum atomic E-state index is -2.62. The van der Waals surface area contributed by atoms with Crippen LogP contribution in [0.1, 0.15) is 42.5 Å². The lowest BCUT2D eigenvalue weighted by Crippen LogP contribution is -2.09. The van der Waals surface area contributed by atoms with E-state index in [1.54, 1.807) is 17.1 Å². The van der Waals surface area contributed by atoms with Gasteiger partial charge in [-0.2, -0.15) is 10.1 Å². The highest BCUT2D eigenvalue weighted by Gasteiger charge is 2.41. The van der Waals surface area contributed by atoms with Crippen molar-refractivity contribution in [2.45, 2.75) is 44.6 Å². The van der Waals surface area contributed by atoms with Crippen molar-refractivity contribution in [2.75, 3.05) is 0 Å². The smallest absolute Gasteiger partial charge is 0.248 e. The Kier molecular flexibility index (Phi) is 3.14. The second kappa shape index (κ2) is 5.07. The number of aromatic nitrogens is 5. The summed E-state index contributed by atoms with van der Waals surface area (Å²) >= 11 is 0. The lowest BCUT2D eigenvalue weighted by molar-refractivity contribution is 0.00749. The van der Waals surface area contributed by atoms with Gasteiger partial charge < -0.3 is 4.52 Å². The van der Waals surface area contributed by atoms with Gasteiger partial charge >= 0.3 is 0 Å². The number of nitrogens with zero attached hydrogens (tertiary/aromatic N) is 5. The van der Waals surface area contributed by atoms with Crippen molar-refractivity contribution in [1.29, 1.82) is 0 Å². The van der Waals surface area contributed by atoms with Crippen molar-refractivity contribution in [3.63, 3.8) is 0 Å². The minimum Gasteiger partial charge on any atom is -0.337 e. The molecular weight excluding hydrogens is 304 g/mol. The third-order valence-electron chi connectivity index (χ3n) is 4.15. The SMILES string of the molecule is Cc1cnc2c(cnn2Cc2nc(C3CCC(F)(F)C3)no2)c1. The molecule has 1 aliphatic carbocycles. The molecule has 120 valence electrons. The molecule has 1 fully saturated rings. The molecule has 1 atom stereocenters. The fourth-order valence-corrected chi connectivity index (χ4v) is 2.99. The second-order valence-corrected chi connectivity index (χ2v) is 6.07. The van der Waals surface area contributed by atoms with Gasteiger partial charge in [-0.3, -0.25) is 0 Å². The fraction of sp³-hybridized carbons (Fsp3) is 0.467. The summed E-state index contributed by atoms with van der Waals surface area (Å²) in [6.45, 7) is 2.24. The molecule has 4 rings (SSSR count). The average molecular weight is 319 g/mol. The molecule has 0 aliphatic heterocycles. The number of hydrogen-bond donors (Lipinski definition) is 0. The van der Waals surface area contributed by atoms with Gasteiger partial charge in [0.2, 0.25) is 11.8 Å². The molecule has 6 nitrogen and oxygen atoms in total. The molecule has 3 heterocycles. The maximum atomic E-state index is 13.3. The highest BCUT2D eigenvalue weighted by Crippen LogP contribution is 2.43. The number of halogens is 2. The van der Waals surface area contributed by atoms with Crippen LogP contribution in [0.4, 0.5) is 8.78 Å². The topological polar surface area (TPSA) is 69.6 Å². The van der Waals surface area contributed by atoms with Crippen LogP contribution in [0.5, 0.6) is 0 Å². The van der Waals surface area contributed by atoms with Crippen LogP contribution in [-0.4, -0.2) is 30.8 Å². The van der Waals surface area contributed by atoms with Crippen LogP contribution in [0.15, 0.2) is 23.0 Å². The number of hydrogen-bond acceptors (Lipinski definition) is 5. The van der Waals surface area contributed by atoms with Crippen LogP contribution in [0.3, 0.4) is 0 Å². The third-order valence-corrected chi connectivity index (χ3v) is 4.15. The van der Waals surface area contributed by atoms with E-state index in [2.05, 4.69) is 20.2 Å². The van der Waals surface area contributed by atoms with Crippen molar-refractivity contribution in [1.82, 2.24) is 24.9 Å². The normalized spacial score (nSPS) is 20.4. The predicted molar refractivity (Wildman–Crippen MR) is 77.2 cm³/mol. The van der Waals surface area contributed by atoms with E-state index >= 15 is 0 Å². The van der Waals surface area contributed by atoms with E-state index in [-0.39, 0.29) is 25.3 Å². The van der Waals surface area contributed by atoms with Gasteiger partial charge in [0.25, 0.3) is 0 Å². The molecular formula is C15H15F2N5O. The number of fused-ring (bicyclic) bond motifs is 1. The van der Waals surface area contributed by atoms with Gasteiger partial charge in [0.05, 0.1) is 6.20 Å². The van der Waals surface area contributed by atoms with Gasteiger partial charge in [-0.25, -0.2) is 18.4 Å². The van der Waals surface area contributed by atoms with Gasteiger partial charge in [0.1, 0.15) is 6.54 Å². The van der Waals surface area contributed by atoms with Crippen LogP contribution in [-0.2, 0) is 6.54 Å². The first-order valence-corrected chi connectivity index (χ1v) is 7.49. The zero-order chi connectivity index (χ0) is 16.0. The van der Waals surface area contributed by atoms with Crippen molar-refractivity contribution in [2.24, 2.45) is 0 Å². The van der Waals surface area contributed by atoms with Crippen LogP contribution in [0.2, 0.25) is 0 Å². The number of alkyl halides is 2. The summed E-state index contributed by atoms with van der Waals surface area (Å²) in [6.07, 6.45) is 3.55. The highest BCUT2D eigenvalue weighted by atomic mass is 19.3. The van der Waals surface area contributed by atoms with Crippen LogP contribution < -0.4 is 0 Å². The van der Waals surface area contributed by atoms with Gasteiger partial charge in [-0.05, 0) is 25.0 Å². The summed E-state index contributed by atoms with van der Waals surface area (Å²) in [7, 11) is 0. The largest absolute Gasteiger partial charge is 0.337 e. The Morgan fingerprint density at radius 3 is 3.04 bits per heavy atom. The Balaban J connectivity index is 1.55. The molecule has 3 aromatic rings. The van der Waals surface area contributed by atoms with Gasteiger partial charge in [-0.1, -0.05) is 5.16 Å². The maximum absolute atomic E-state index is 13.3. The zero-order valence-electron chi connectivity index (χ0n) is 12.5. The molecule has 0 radical (unpaired) electrons. The van der Waals surface area contributed by atoms with Crippen molar-refractivity contribution >= 4 is 11.0 Å². The summed E-state index contributed by atoms with van der Waals surface area (Å²) < 4.78 is 33.4. The Morgan fingerprint density at radius 1 is 1.39 bits per heavy atom. The first kappa shape index (κ1) is 14.2. The summed E-state index contributed by atoms with van der Waals surface area (Å²) in [5, 5.41) is 9.06. The van der Waals surface area contributed by atoms with Crippen molar-refractivity contribution in [3.05, 3.63) is 35.7 Å². The fourth-order valence-electron chi connectivity index (χ4n) is 2.99. The van der Waals surface area contributed by atoms with Crippen LogP contribution in [0.25, 0.3) is 11.0 Å². The molecule has 0 aromatic carbocycles. The summed E-state index contributed by atoms with van der Waals surface area (Å²) in [5.74, 6) is -2.25. The molecule has 0 N–H and O–H groups in total. The zero-order valence-corrected chi connectivity index (χ0v) is 12.5. The third kappa shape index (κ3) is 2.69. The van der Waals surface area contributed by atoms with Gasteiger partial charge in [0, 0.05) is 30.3 Å². The molecule has 3 aromatic heterocycles. The molecule has 1 saturated carbocycles. The summed E-state index contributed by atoms with van der Waals surface area (Å²) in [6, 6.07) is 1.99. The van der Waals surface area contributed by atoms with Gasteiger partial charge in [-0.15, -0.1) is 0 Å². The van der Waals surface area contributed by atoms with E-state index in [1.165, 1.54) is 0 Å². The summed E-state index contributed by atoms with van der Waals surface area (Å²) in [4.78, 5) is 8.61. The van der Waals surface area contributed by atoms with E-state index in [4.69, 9.17) is 4.52 Å². The monoisotopic (exact) mass is 319 g/mol. The van der Waals surface area contributed by atoms with E-state index in [9.17, 15) is 8.78 Å². The Hall–Kier alpha value is -2.38. The van der Waals surface area contributed by atoms with E-state index in [1.807, 2.05) is 13.0 Å². The lowest BCUT2D eigenvalue weighted by atomic mass is 10.1. The average Bonchev–Trinajstić information content (AvgIpc) is 3.19. The molecule has 0 amide bonds. The van der Waals surface area contributed by atoms with E-state index in [0.717, 1.165) is 16.6 Å². The second-order valence-electron chi connectivity index (χ2n) is 6.07. The van der Waals surface area contributed by atoms with E-state index < -0.39 is 5.92 Å². The minimum absolute atomic E-state index is 0.116. The van der Waals surface area contributed by atoms with Crippen molar-refractivity contribution < 1.29 is 13.3 Å². The molecule has 0 bridgehead atoms. The molecule has 1 unspecified atom stereocenters. The Bertz CT molecular complexity index is 857. The molecule has 0 spiro atoms. The van der Waals surface area contributed by atoms with Crippen LogP contribution in [0, 0.1) is 6.92 Å². The van der Waals surface area contributed by atoms with E-state index in [0.29, 0.717) is 18.1 Å². The Morgan fingerprint density at radius 2 is 2.26 bits per heavy atom. The molecule has 8 heteroatoms. The summed E-state index contributed by atoms with van der Waals surface area (Å²) in [5.41, 5.74) is 1.78. The van der Waals surface area contributed by atoms with Crippen LogP contribution >= 0.6 is 0 Å². The first-order valence-electron chi connectivity index (χ1n) is 7.49. The molecule has 23 heavy (non-hydrogen) atoms. The maximum Gasteiger partial charge on any atom is 0.248 e. The number of pyridine rings is 1. The Labute approximate surface area is 130 Å². The van der Waals surface area contributed by atoms with Gasteiger partial charge in [0.15, 0.2) is 11.5 Å².